The molecule has 0 aliphatic carbocycles. The largest absolute Gasteiger partial charge is 0.350 e. The molecule has 122 valence electrons. The molecule has 5 nitrogen and oxygen atoms in total. The van der Waals surface area contributed by atoms with Crippen LogP contribution in [-0.2, 0) is 6.54 Å². The lowest BCUT2D eigenvalue weighted by molar-refractivity contribution is 0.249. The number of amides is 2. The number of benzene rings is 2. The fraction of sp³-hybridized carbons (Fsp3) is 0.0588. The minimum absolute atomic E-state index is 0.526. The van der Waals surface area contributed by atoms with E-state index in [0.29, 0.717) is 16.6 Å². The summed E-state index contributed by atoms with van der Waals surface area (Å²) < 4.78 is 2.08. The van der Waals surface area contributed by atoms with Crippen molar-refractivity contribution < 1.29 is 4.79 Å². The molecule has 0 saturated carbocycles. The van der Waals surface area contributed by atoms with Crippen LogP contribution in [0, 0.1) is 0 Å². The normalized spacial score (nSPS) is 11.2. The number of nitrogens with one attached hydrogen (secondary N) is 1. The number of halogens is 2. The van der Waals surface area contributed by atoms with Crippen molar-refractivity contribution in [3.63, 3.8) is 0 Å². The maximum atomic E-state index is 10.7. The van der Waals surface area contributed by atoms with E-state index in [1.165, 1.54) is 0 Å². The van der Waals surface area contributed by atoms with Crippen molar-refractivity contribution in [1.29, 1.82) is 0 Å². The van der Waals surface area contributed by atoms with Crippen LogP contribution in [-0.4, -0.2) is 16.8 Å². The number of hydrogen-bond acceptors (Lipinski definition) is 2. The number of urea groups is 1. The fourth-order valence-corrected chi connectivity index (χ4v) is 2.83. The molecule has 7 heteroatoms. The molecule has 0 aliphatic rings. The minimum Gasteiger partial charge on any atom is -0.350 e. The summed E-state index contributed by atoms with van der Waals surface area (Å²) in [4.78, 5) is 10.7. The quantitative estimate of drug-likeness (QED) is 0.535. The Morgan fingerprint density at radius 3 is 2.75 bits per heavy atom. The van der Waals surface area contributed by atoms with Gasteiger partial charge < -0.3 is 10.3 Å². The summed E-state index contributed by atoms with van der Waals surface area (Å²) in [7, 11) is 0. The molecule has 0 bridgehead atoms. The van der Waals surface area contributed by atoms with Crippen LogP contribution in [0.5, 0.6) is 0 Å². The maximum Gasteiger partial charge on any atom is 0.332 e. The van der Waals surface area contributed by atoms with Crippen LogP contribution in [0.4, 0.5) is 4.79 Å². The van der Waals surface area contributed by atoms with Crippen LogP contribution in [0.1, 0.15) is 11.1 Å². The van der Waals surface area contributed by atoms with Crippen LogP contribution < -0.4 is 11.2 Å². The third-order valence-corrected chi connectivity index (χ3v) is 4.27. The smallest absolute Gasteiger partial charge is 0.332 e. The summed E-state index contributed by atoms with van der Waals surface area (Å²) >= 11 is 12.1. The highest BCUT2D eigenvalue weighted by Crippen LogP contribution is 2.25. The highest BCUT2D eigenvalue weighted by Gasteiger charge is 2.08. The van der Waals surface area contributed by atoms with Gasteiger partial charge in [-0.15, -0.1) is 0 Å². The number of carbonyl (C=O) groups excluding carboxylic acids is 1. The molecule has 0 fully saturated rings. The van der Waals surface area contributed by atoms with Crippen molar-refractivity contribution in [2.45, 2.75) is 6.54 Å². The molecule has 0 radical (unpaired) electrons. The van der Waals surface area contributed by atoms with Crippen LogP contribution >= 0.6 is 23.2 Å². The zero-order valence-corrected chi connectivity index (χ0v) is 14.1. The Morgan fingerprint density at radius 1 is 1.21 bits per heavy atom. The molecule has 3 rings (SSSR count). The SMILES string of the molecule is NC(=O)N/N=C/c1cn(Cc2ccc(Cl)c(Cl)c2)c2ccccc12. The third-order valence-electron chi connectivity index (χ3n) is 3.53. The van der Waals surface area contributed by atoms with E-state index >= 15 is 0 Å². The highest BCUT2D eigenvalue weighted by atomic mass is 35.5. The van der Waals surface area contributed by atoms with E-state index in [0.717, 1.165) is 22.0 Å². The van der Waals surface area contributed by atoms with E-state index in [1.807, 2.05) is 42.6 Å². The number of rotatable bonds is 4. The Hall–Kier alpha value is -2.50. The predicted molar refractivity (Wildman–Crippen MR) is 97.8 cm³/mol. The predicted octanol–water partition coefficient (Wildman–Crippen LogP) is 4.00. The molecule has 2 aromatic carbocycles. The molecular weight excluding hydrogens is 347 g/mol. The van der Waals surface area contributed by atoms with Gasteiger partial charge >= 0.3 is 6.03 Å². The van der Waals surface area contributed by atoms with Crippen LogP contribution in [0.2, 0.25) is 10.0 Å². The summed E-state index contributed by atoms with van der Waals surface area (Å²) in [6, 6.07) is 12.8. The average molecular weight is 361 g/mol. The van der Waals surface area contributed by atoms with Gasteiger partial charge in [0, 0.05) is 29.2 Å². The van der Waals surface area contributed by atoms with Gasteiger partial charge in [0.25, 0.3) is 0 Å². The van der Waals surface area contributed by atoms with Crippen LogP contribution in [0.3, 0.4) is 0 Å². The van der Waals surface area contributed by atoms with Gasteiger partial charge in [0.15, 0.2) is 0 Å². The number of nitrogens with zero attached hydrogens (tertiary/aromatic N) is 2. The molecule has 0 aliphatic heterocycles. The standard InChI is InChI=1S/C17H14Cl2N4O/c18-14-6-5-11(7-15(14)19)9-23-10-12(8-21-22-17(20)24)13-3-1-2-4-16(13)23/h1-8,10H,9H2,(H3,20,22,24)/b21-8+. The first kappa shape index (κ1) is 16.4. The zero-order chi connectivity index (χ0) is 17.1. The summed E-state index contributed by atoms with van der Waals surface area (Å²) in [5.74, 6) is 0. The second-order valence-corrected chi connectivity index (χ2v) is 6.03. The van der Waals surface area contributed by atoms with Gasteiger partial charge in [-0.1, -0.05) is 47.5 Å². The molecule has 1 aromatic heterocycles. The van der Waals surface area contributed by atoms with Crippen molar-refractivity contribution in [1.82, 2.24) is 9.99 Å². The number of fused-ring (bicyclic) bond motifs is 1. The fourth-order valence-electron chi connectivity index (χ4n) is 2.51. The van der Waals surface area contributed by atoms with Crippen molar-refractivity contribution in [2.24, 2.45) is 10.8 Å². The molecule has 0 saturated heterocycles. The van der Waals surface area contributed by atoms with Crippen molar-refractivity contribution in [2.75, 3.05) is 0 Å². The van der Waals surface area contributed by atoms with E-state index in [1.54, 1.807) is 12.3 Å². The van der Waals surface area contributed by atoms with Gasteiger partial charge in [-0.2, -0.15) is 5.10 Å². The van der Waals surface area contributed by atoms with Gasteiger partial charge in [-0.3, -0.25) is 0 Å². The molecule has 1 heterocycles. The molecule has 0 atom stereocenters. The van der Waals surface area contributed by atoms with E-state index in [4.69, 9.17) is 28.9 Å². The maximum absolute atomic E-state index is 10.7. The Kier molecular flexibility index (Phi) is 4.74. The molecule has 3 N–H and O–H groups in total. The average Bonchev–Trinajstić information content (AvgIpc) is 2.89. The number of primary amides is 1. The first-order valence-electron chi connectivity index (χ1n) is 7.15. The molecule has 0 unspecified atom stereocenters. The molecule has 0 spiro atoms. The molecule has 3 aromatic rings. The summed E-state index contributed by atoms with van der Waals surface area (Å²) in [6.45, 7) is 0.633. The molecule has 2 amide bonds. The topological polar surface area (TPSA) is 72.4 Å². The Labute approximate surface area is 148 Å². The Balaban J connectivity index is 1.97. The number of aromatic nitrogens is 1. The van der Waals surface area contributed by atoms with Crippen LogP contribution in [0.25, 0.3) is 10.9 Å². The molecular formula is C17H14Cl2N4O. The summed E-state index contributed by atoms with van der Waals surface area (Å²) in [6.07, 6.45) is 3.53. The van der Waals surface area contributed by atoms with Gasteiger partial charge in [-0.05, 0) is 23.8 Å². The number of nitrogens with two attached hydrogens (primary N) is 1. The second kappa shape index (κ2) is 6.95. The first-order valence-corrected chi connectivity index (χ1v) is 7.90. The molecule has 24 heavy (non-hydrogen) atoms. The summed E-state index contributed by atoms with van der Waals surface area (Å²) in [5, 5.41) is 5.91. The Morgan fingerprint density at radius 2 is 2.00 bits per heavy atom. The lowest BCUT2D eigenvalue weighted by Crippen LogP contribution is -2.24. The van der Waals surface area contributed by atoms with Gasteiger partial charge in [0.1, 0.15) is 0 Å². The van der Waals surface area contributed by atoms with Gasteiger partial charge in [0.05, 0.1) is 16.3 Å². The van der Waals surface area contributed by atoms with E-state index in [-0.39, 0.29) is 0 Å². The highest BCUT2D eigenvalue weighted by molar-refractivity contribution is 6.42. The number of hydrazone groups is 1. The van der Waals surface area contributed by atoms with E-state index < -0.39 is 6.03 Å². The van der Waals surface area contributed by atoms with Crippen molar-refractivity contribution >= 4 is 46.4 Å². The van der Waals surface area contributed by atoms with Gasteiger partial charge in [-0.25, -0.2) is 10.2 Å². The number of carbonyl (C=O) groups is 1. The monoisotopic (exact) mass is 360 g/mol. The van der Waals surface area contributed by atoms with Crippen molar-refractivity contribution in [3.05, 3.63) is 69.8 Å². The summed E-state index contributed by atoms with van der Waals surface area (Å²) in [5.41, 5.74) is 10.2. The Bertz CT molecular complexity index is 933. The third kappa shape index (κ3) is 3.53. The van der Waals surface area contributed by atoms with E-state index in [9.17, 15) is 4.79 Å². The van der Waals surface area contributed by atoms with Gasteiger partial charge in [0.2, 0.25) is 0 Å². The lowest BCUT2D eigenvalue weighted by atomic mass is 10.2. The number of hydrogen-bond donors (Lipinski definition) is 2. The second-order valence-electron chi connectivity index (χ2n) is 5.21. The number of para-hydroxylation sites is 1. The minimum atomic E-state index is -0.703. The van der Waals surface area contributed by atoms with E-state index in [2.05, 4.69) is 15.1 Å². The lowest BCUT2D eigenvalue weighted by Gasteiger charge is -2.06. The van der Waals surface area contributed by atoms with Crippen molar-refractivity contribution in [3.8, 4) is 0 Å². The van der Waals surface area contributed by atoms with Crippen LogP contribution in [0.15, 0.2) is 53.8 Å². The zero-order valence-electron chi connectivity index (χ0n) is 12.5. The first-order chi connectivity index (χ1) is 11.5.